The molecule has 0 fully saturated rings. The molecule has 0 aliphatic rings. The number of nitrogens with zero attached hydrogens (tertiary/aromatic N) is 1. The number of anilines is 1. The van der Waals surface area contributed by atoms with Gasteiger partial charge in [-0.2, -0.15) is 0 Å². The van der Waals surface area contributed by atoms with Gasteiger partial charge < -0.3 is 21.1 Å². The van der Waals surface area contributed by atoms with Crippen molar-refractivity contribution in [1.82, 2.24) is 20.9 Å². The zero-order valence-corrected chi connectivity index (χ0v) is 17.8. The number of rotatable bonds is 11. The molecule has 1 aromatic carbocycles. The fraction of sp³-hybridized carbons (Fsp3) is 0.350. The Hall–Kier alpha value is -3.47. The third-order valence-electron chi connectivity index (χ3n) is 4.10. The van der Waals surface area contributed by atoms with Gasteiger partial charge in [-0.3, -0.25) is 19.7 Å². The second-order valence-electron chi connectivity index (χ2n) is 6.58. The van der Waals surface area contributed by atoms with Crippen LogP contribution in [0.15, 0.2) is 35.7 Å². The third-order valence-corrected chi connectivity index (χ3v) is 4.86. The van der Waals surface area contributed by atoms with Crippen molar-refractivity contribution in [3.8, 4) is 0 Å². The molecule has 0 saturated heterocycles. The predicted molar refractivity (Wildman–Crippen MR) is 116 cm³/mol. The van der Waals surface area contributed by atoms with Gasteiger partial charge in [0.05, 0.1) is 19.0 Å². The Labute approximate surface area is 183 Å². The van der Waals surface area contributed by atoms with Gasteiger partial charge in [-0.15, -0.1) is 11.3 Å². The minimum Gasteiger partial charge on any atom is -0.481 e. The number of aromatic nitrogens is 1. The summed E-state index contributed by atoms with van der Waals surface area (Å²) in [5.41, 5.74) is 0.712. The zero-order valence-electron chi connectivity index (χ0n) is 17.0. The van der Waals surface area contributed by atoms with Crippen molar-refractivity contribution in [3.63, 3.8) is 0 Å². The zero-order chi connectivity index (χ0) is 22.6. The highest BCUT2D eigenvalue weighted by molar-refractivity contribution is 7.14. The van der Waals surface area contributed by atoms with Crippen LogP contribution in [0.25, 0.3) is 0 Å². The van der Waals surface area contributed by atoms with Crippen LogP contribution in [-0.4, -0.2) is 47.0 Å². The van der Waals surface area contributed by atoms with E-state index in [1.807, 2.05) is 6.92 Å². The van der Waals surface area contributed by atoms with E-state index >= 15 is 0 Å². The Kier molecular flexibility index (Phi) is 9.43. The van der Waals surface area contributed by atoms with Crippen LogP contribution in [0.5, 0.6) is 0 Å². The Balaban J connectivity index is 1.84. The fourth-order valence-electron chi connectivity index (χ4n) is 2.56. The molecular formula is C20H25N5O5S. The van der Waals surface area contributed by atoms with Crippen LogP contribution in [0.3, 0.4) is 0 Å². The predicted octanol–water partition coefficient (Wildman–Crippen LogP) is 2.13. The first-order valence-corrected chi connectivity index (χ1v) is 10.6. The normalized spacial score (nSPS) is 11.3. The minimum atomic E-state index is -1.06. The first kappa shape index (κ1) is 23.8. The number of carbonyl (C=O) groups excluding carboxylic acids is 3. The number of carbonyl (C=O) groups is 4. The molecule has 1 unspecified atom stereocenters. The number of aliphatic carboxylic acids is 1. The van der Waals surface area contributed by atoms with Crippen LogP contribution in [0, 0.1) is 0 Å². The Morgan fingerprint density at radius 2 is 1.87 bits per heavy atom. The monoisotopic (exact) mass is 447 g/mol. The number of urea groups is 1. The first-order valence-electron chi connectivity index (χ1n) is 9.73. The number of hydrogen-bond acceptors (Lipinski definition) is 6. The van der Waals surface area contributed by atoms with Crippen LogP contribution in [0.2, 0.25) is 0 Å². The van der Waals surface area contributed by atoms with E-state index in [-0.39, 0.29) is 23.8 Å². The van der Waals surface area contributed by atoms with Gasteiger partial charge >= 0.3 is 12.0 Å². The van der Waals surface area contributed by atoms with E-state index in [0.717, 1.165) is 24.2 Å². The summed E-state index contributed by atoms with van der Waals surface area (Å²) in [5, 5.41) is 21.1. The largest absolute Gasteiger partial charge is 0.481 e. The summed E-state index contributed by atoms with van der Waals surface area (Å²) in [6, 6.07) is 7.59. The molecule has 0 bridgehead atoms. The van der Waals surface area contributed by atoms with Gasteiger partial charge in [0.1, 0.15) is 5.69 Å². The smallest absolute Gasteiger partial charge is 0.321 e. The van der Waals surface area contributed by atoms with Gasteiger partial charge in [0.2, 0.25) is 5.91 Å². The fourth-order valence-corrected chi connectivity index (χ4v) is 3.25. The first-order chi connectivity index (χ1) is 14.9. The van der Waals surface area contributed by atoms with Gasteiger partial charge in [0, 0.05) is 11.9 Å². The average Bonchev–Trinajstić information content (AvgIpc) is 3.20. The van der Waals surface area contributed by atoms with Crippen LogP contribution in [0.4, 0.5) is 9.93 Å². The van der Waals surface area contributed by atoms with Gasteiger partial charge in [-0.1, -0.05) is 43.7 Å². The number of carboxylic acids is 1. The van der Waals surface area contributed by atoms with Crippen molar-refractivity contribution < 1.29 is 24.3 Å². The molecule has 0 radical (unpaired) electrons. The molecular weight excluding hydrogens is 422 g/mol. The molecule has 2 aromatic rings. The summed E-state index contributed by atoms with van der Waals surface area (Å²) in [4.78, 5) is 51.3. The molecule has 2 rings (SSSR count). The van der Waals surface area contributed by atoms with Crippen molar-refractivity contribution in [2.24, 2.45) is 0 Å². The van der Waals surface area contributed by atoms with Crippen molar-refractivity contribution in [1.29, 1.82) is 0 Å². The molecule has 1 heterocycles. The SMILES string of the molecule is CCCCNC(=O)Nc1nc(C(=O)NCC(=O)NC(CC(=O)O)c2ccccc2)cs1. The average molecular weight is 448 g/mol. The summed E-state index contributed by atoms with van der Waals surface area (Å²) >= 11 is 1.08. The molecule has 0 saturated carbocycles. The molecule has 0 aliphatic heterocycles. The Morgan fingerprint density at radius 3 is 2.55 bits per heavy atom. The topological polar surface area (TPSA) is 150 Å². The van der Waals surface area contributed by atoms with Crippen molar-refractivity contribution in [3.05, 3.63) is 47.0 Å². The second kappa shape index (κ2) is 12.3. The lowest BCUT2D eigenvalue weighted by Gasteiger charge is -2.17. The molecule has 1 atom stereocenters. The molecule has 166 valence electrons. The number of benzene rings is 1. The summed E-state index contributed by atoms with van der Waals surface area (Å²) in [5.74, 6) is -2.17. The van der Waals surface area contributed by atoms with E-state index < -0.39 is 29.9 Å². The lowest BCUT2D eigenvalue weighted by atomic mass is 10.0. The van der Waals surface area contributed by atoms with E-state index in [9.17, 15) is 19.2 Å². The summed E-state index contributed by atoms with van der Waals surface area (Å²) in [6.07, 6.45) is 1.53. The summed E-state index contributed by atoms with van der Waals surface area (Å²) < 4.78 is 0. The lowest BCUT2D eigenvalue weighted by molar-refractivity contribution is -0.137. The second-order valence-corrected chi connectivity index (χ2v) is 7.44. The Morgan fingerprint density at radius 1 is 1.13 bits per heavy atom. The van der Waals surface area contributed by atoms with Gasteiger partial charge in [0.15, 0.2) is 5.13 Å². The molecule has 1 aromatic heterocycles. The highest BCUT2D eigenvalue weighted by Gasteiger charge is 2.19. The molecule has 31 heavy (non-hydrogen) atoms. The highest BCUT2D eigenvalue weighted by Crippen LogP contribution is 2.17. The number of carboxylic acid groups (broad SMARTS) is 1. The molecule has 0 spiro atoms. The quantitative estimate of drug-likeness (QED) is 0.333. The van der Waals surface area contributed by atoms with Gasteiger partial charge in [0.25, 0.3) is 5.91 Å². The number of thiazole rings is 1. The molecule has 5 N–H and O–H groups in total. The van der Waals surface area contributed by atoms with Crippen LogP contribution < -0.4 is 21.3 Å². The number of hydrogen-bond donors (Lipinski definition) is 5. The molecule has 0 aliphatic carbocycles. The van der Waals surface area contributed by atoms with E-state index in [1.54, 1.807) is 30.3 Å². The van der Waals surface area contributed by atoms with Crippen molar-refractivity contribution in [2.75, 3.05) is 18.4 Å². The number of unbranched alkanes of at least 4 members (excludes halogenated alkanes) is 1. The standard InChI is InChI=1S/C20H25N5O5S/c1-2-3-9-21-19(30)25-20-24-15(12-31-20)18(29)22-11-16(26)23-14(10-17(27)28)13-7-5-4-6-8-13/h4-8,12,14H,2-3,9-11H2,1H3,(H,22,29)(H,23,26)(H,27,28)(H2,21,24,25,30). The van der Waals surface area contributed by atoms with Crippen molar-refractivity contribution >= 4 is 40.3 Å². The maximum Gasteiger partial charge on any atom is 0.321 e. The lowest BCUT2D eigenvalue weighted by Crippen LogP contribution is -2.39. The number of nitrogens with one attached hydrogen (secondary N) is 4. The van der Waals surface area contributed by atoms with E-state index in [0.29, 0.717) is 12.1 Å². The molecule has 11 heteroatoms. The van der Waals surface area contributed by atoms with Crippen LogP contribution in [0.1, 0.15) is 48.3 Å². The Bertz CT molecular complexity index is 902. The summed E-state index contributed by atoms with van der Waals surface area (Å²) in [7, 11) is 0. The van der Waals surface area contributed by atoms with Gasteiger partial charge in [-0.25, -0.2) is 9.78 Å². The van der Waals surface area contributed by atoms with Crippen molar-refractivity contribution in [2.45, 2.75) is 32.2 Å². The minimum absolute atomic E-state index is 0.0619. The van der Waals surface area contributed by atoms with E-state index in [4.69, 9.17) is 5.11 Å². The highest BCUT2D eigenvalue weighted by atomic mass is 32.1. The van der Waals surface area contributed by atoms with Gasteiger partial charge in [-0.05, 0) is 12.0 Å². The van der Waals surface area contributed by atoms with E-state index in [1.165, 1.54) is 5.38 Å². The molecule has 10 nitrogen and oxygen atoms in total. The molecule has 4 amide bonds. The maximum atomic E-state index is 12.2. The summed E-state index contributed by atoms with van der Waals surface area (Å²) in [6.45, 7) is 2.21. The third kappa shape index (κ3) is 8.42. The number of amides is 4. The van der Waals surface area contributed by atoms with E-state index in [2.05, 4.69) is 26.3 Å². The van der Waals surface area contributed by atoms with Crippen LogP contribution >= 0.6 is 11.3 Å². The maximum absolute atomic E-state index is 12.2. The van der Waals surface area contributed by atoms with Crippen LogP contribution in [-0.2, 0) is 9.59 Å².